The van der Waals surface area contributed by atoms with Crippen LogP contribution in [-0.2, 0) is 0 Å². The van der Waals surface area contributed by atoms with Crippen molar-refractivity contribution in [1.82, 2.24) is 19.6 Å². The minimum atomic E-state index is -0.698. The van der Waals surface area contributed by atoms with Crippen molar-refractivity contribution in [1.29, 1.82) is 0 Å². The fourth-order valence-corrected chi connectivity index (χ4v) is 4.08. The van der Waals surface area contributed by atoms with Crippen LogP contribution in [0.4, 0.5) is 11.4 Å². The Labute approximate surface area is 195 Å². The summed E-state index contributed by atoms with van der Waals surface area (Å²) in [5.41, 5.74) is 7.68. The predicted octanol–water partition coefficient (Wildman–Crippen LogP) is 3.41. The molecule has 1 saturated heterocycles. The van der Waals surface area contributed by atoms with Crippen molar-refractivity contribution in [3.63, 3.8) is 0 Å². The van der Waals surface area contributed by atoms with Crippen LogP contribution in [0.25, 0.3) is 5.69 Å². The first-order valence-electron chi connectivity index (χ1n) is 10.0. The molecule has 0 bridgehead atoms. The average Bonchev–Trinajstić information content (AvgIpc) is 3.18. The monoisotopic (exact) mass is 472 g/mol. The van der Waals surface area contributed by atoms with Gasteiger partial charge in [-0.1, -0.05) is 29.3 Å². The molecule has 1 aliphatic rings. The summed E-state index contributed by atoms with van der Waals surface area (Å²) >= 11 is 12.5. The summed E-state index contributed by atoms with van der Waals surface area (Å²) in [4.78, 5) is 28.7. The Morgan fingerprint density at radius 3 is 2.22 bits per heavy atom. The topological polar surface area (TPSA) is 96.5 Å². The van der Waals surface area contributed by atoms with Crippen LogP contribution in [0.1, 0.15) is 20.8 Å². The first-order valence-corrected chi connectivity index (χ1v) is 10.8. The van der Waals surface area contributed by atoms with Gasteiger partial charge in [-0.25, -0.2) is 4.68 Å². The number of nitrogens with zero attached hydrogens (tertiary/aromatic N) is 4. The van der Waals surface area contributed by atoms with Gasteiger partial charge in [0, 0.05) is 37.4 Å². The maximum absolute atomic E-state index is 12.7. The van der Waals surface area contributed by atoms with Crippen molar-refractivity contribution in [2.24, 2.45) is 5.73 Å². The number of likely N-dealkylation sites (N-methyl/N-ethyl adjacent to an activating group) is 1. The van der Waals surface area contributed by atoms with E-state index in [1.165, 1.54) is 4.68 Å². The predicted molar refractivity (Wildman–Crippen MR) is 125 cm³/mol. The third-order valence-corrected chi connectivity index (χ3v) is 5.93. The van der Waals surface area contributed by atoms with Crippen molar-refractivity contribution < 1.29 is 9.59 Å². The summed E-state index contributed by atoms with van der Waals surface area (Å²) in [5.74, 6) is -0.694. The highest BCUT2D eigenvalue weighted by atomic mass is 35.5. The molecule has 10 heteroatoms. The largest absolute Gasteiger partial charge is 0.364 e. The van der Waals surface area contributed by atoms with E-state index in [0.717, 1.165) is 13.1 Å². The molecule has 2 aromatic carbocycles. The molecule has 4 rings (SSSR count). The molecule has 0 atom stereocenters. The number of benzene rings is 2. The van der Waals surface area contributed by atoms with Crippen LogP contribution < -0.4 is 11.1 Å². The third kappa shape index (κ3) is 4.57. The Morgan fingerprint density at radius 2 is 1.62 bits per heavy atom. The number of aromatic nitrogens is 2. The number of carbonyl (C=O) groups excluding carboxylic acids is 2. The molecule has 1 aromatic heterocycles. The van der Waals surface area contributed by atoms with Crippen molar-refractivity contribution in [3.8, 4) is 5.69 Å². The highest BCUT2D eigenvalue weighted by Crippen LogP contribution is 2.30. The second-order valence-corrected chi connectivity index (χ2v) is 8.38. The lowest BCUT2D eigenvalue weighted by Gasteiger charge is -2.32. The number of anilines is 2. The number of halogens is 2. The number of carbonyl (C=O) groups is 2. The summed E-state index contributed by atoms with van der Waals surface area (Å²) in [6.07, 6.45) is 1.59. The first-order chi connectivity index (χ1) is 15.3. The van der Waals surface area contributed by atoms with Gasteiger partial charge in [-0.15, -0.1) is 0 Å². The van der Waals surface area contributed by atoms with E-state index in [-0.39, 0.29) is 11.6 Å². The fourth-order valence-electron chi connectivity index (χ4n) is 3.51. The minimum Gasteiger partial charge on any atom is -0.364 e. The number of rotatable bonds is 5. The van der Waals surface area contributed by atoms with Crippen molar-refractivity contribution in [2.45, 2.75) is 0 Å². The molecule has 0 aliphatic carbocycles. The van der Waals surface area contributed by atoms with Crippen molar-refractivity contribution >= 4 is 46.4 Å². The van der Waals surface area contributed by atoms with E-state index in [0.29, 0.717) is 45.8 Å². The Morgan fingerprint density at radius 1 is 1.00 bits per heavy atom. The average molecular weight is 473 g/mol. The van der Waals surface area contributed by atoms with Gasteiger partial charge < -0.3 is 20.9 Å². The van der Waals surface area contributed by atoms with Gasteiger partial charge in [0.25, 0.3) is 11.8 Å². The molecule has 3 N–H and O–H groups in total. The lowest BCUT2D eigenvalue weighted by Crippen LogP contribution is -2.47. The number of piperazine rings is 1. The highest BCUT2D eigenvalue weighted by molar-refractivity contribution is 6.37. The number of amides is 2. The summed E-state index contributed by atoms with van der Waals surface area (Å²) in [7, 11) is 2.05. The van der Waals surface area contributed by atoms with Crippen molar-refractivity contribution in [2.75, 3.05) is 38.5 Å². The van der Waals surface area contributed by atoms with E-state index in [9.17, 15) is 9.59 Å². The standard InChI is InChI=1S/C22H22Cl2N6O2/c1-28-9-11-29(12-10-28)22(32)14-5-7-15(8-6-14)26-18-13-30(27-19(18)21(25)31)20-16(23)3-2-4-17(20)24/h2-8,13,26H,9-12H2,1H3,(H2,25,31). The maximum Gasteiger partial charge on any atom is 0.271 e. The number of nitrogens with one attached hydrogen (secondary N) is 1. The van der Waals surface area contributed by atoms with Crippen LogP contribution in [0.15, 0.2) is 48.7 Å². The molecule has 3 aromatic rings. The number of para-hydroxylation sites is 1. The van der Waals surface area contributed by atoms with Crippen LogP contribution >= 0.6 is 23.2 Å². The zero-order chi connectivity index (χ0) is 22.8. The molecule has 2 heterocycles. The van der Waals surface area contributed by atoms with Crippen LogP contribution in [-0.4, -0.2) is 64.6 Å². The van der Waals surface area contributed by atoms with Crippen LogP contribution in [0, 0.1) is 0 Å². The molecule has 32 heavy (non-hydrogen) atoms. The van der Waals surface area contributed by atoms with Gasteiger partial charge in [0.15, 0.2) is 5.69 Å². The lowest BCUT2D eigenvalue weighted by molar-refractivity contribution is 0.0664. The second kappa shape index (κ2) is 9.20. The van der Waals surface area contributed by atoms with E-state index >= 15 is 0 Å². The van der Waals surface area contributed by atoms with E-state index in [1.807, 2.05) is 11.9 Å². The molecule has 2 amide bonds. The van der Waals surface area contributed by atoms with E-state index in [1.54, 1.807) is 48.7 Å². The Bertz CT molecular complexity index is 1130. The van der Waals surface area contributed by atoms with E-state index in [2.05, 4.69) is 15.3 Å². The normalized spacial score (nSPS) is 14.4. The zero-order valence-corrected chi connectivity index (χ0v) is 18.9. The lowest BCUT2D eigenvalue weighted by atomic mass is 10.1. The highest BCUT2D eigenvalue weighted by Gasteiger charge is 2.21. The Kier molecular flexibility index (Phi) is 6.36. The molecular formula is C22H22Cl2N6O2. The van der Waals surface area contributed by atoms with E-state index in [4.69, 9.17) is 28.9 Å². The molecule has 8 nitrogen and oxygen atoms in total. The summed E-state index contributed by atoms with van der Waals surface area (Å²) < 4.78 is 1.42. The number of nitrogens with two attached hydrogens (primary N) is 1. The van der Waals surface area contributed by atoms with Crippen LogP contribution in [0.2, 0.25) is 10.0 Å². The zero-order valence-electron chi connectivity index (χ0n) is 17.4. The quantitative estimate of drug-likeness (QED) is 0.592. The first kappa shape index (κ1) is 22.1. The van der Waals surface area contributed by atoms with Gasteiger partial charge in [-0.3, -0.25) is 9.59 Å². The summed E-state index contributed by atoms with van der Waals surface area (Å²) in [5, 5.41) is 8.16. The summed E-state index contributed by atoms with van der Waals surface area (Å²) in [6.45, 7) is 3.14. The Hall–Kier alpha value is -3.07. The van der Waals surface area contributed by atoms with Crippen molar-refractivity contribution in [3.05, 3.63) is 70.0 Å². The maximum atomic E-state index is 12.7. The molecule has 0 radical (unpaired) electrons. The van der Waals surface area contributed by atoms with Gasteiger partial charge in [0.2, 0.25) is 0 Å². The molecule has 1 fully saturated rings. The van der Waals surface area contributed by atoms with Gasteiger partial charge in [-0.05, 0) is 43.4 Å². The fraction of sp³-hybridized carbons (Fsp3) is 0.227. The molecule has 0 saturated carbocycles. The second-order valence-electron chi connectivity index (χ2n) is 7.57. The molecule has 166 valence electrons. The smallest absolute Gasteiger partial charge is 0.271 e. The number of hydrogen-bond acceptors (Lipinski definition) is 5. The molecular weight excluding hydrogens is 451 g/mol. The van der Waals surface area contributed by atoms with E-state index < -0.39 is 5.91 Å². The van der Waals surface area contributed by atoms with Gasteiger partial charge in [0.05, 0.1) is 21.9 Å². The number of primary amides is 1. The van der Waals surface area contributed by atoms with Crippen LogP contribution in [0.3, 0.4) is 0 Å². The molecule has 1 aliphatic heterocycles. The van der Waals surface area contributed by atoms with Gasteiger partial charge in [-0.2, -0.15) is 5.10 Å². The van der Waals surface area contributed by atoms with Gasteiger partial charge >= 0.3 is 0 Å². The van der Waals surface area contributed by atoms with Crippen LogP contribution in [0.5, 0.6) is 0 Å². The molecule has 0 spiro atoms. The molecule has 0 unspecified atom stereocenters. The van der Waals surface area contributed by atoms with Gasteiger partial charge in [0.1, 0.15) is 5.69 Å². The Balaban J connectivity index is 1.56. The SMILES string of the molecule is CN1CCN(C(=O)c2ccc(Nc3cn(-c4c(Cl)cccc4Cl)nc3C(N)=O)cc2)CC1. The third-order valence-electron chi connectivity index (χ3n) is 5.32. The summed E-state index contributed by atoms with van der Waals surface area (Å²) in [6, 6.07) is 12.1. The minimum absolute atomic E-state index is 0.00339. The number of hydrogen-bond donors (Lipinski definition) is 2.